The zero-order valence-corrected chi connectivity index (χ0v) is 10.0. The largest absolute Gasteiger partial charge is 0.0654 e. The number of fused-ring (bicyclic) bond motifs is 1. The molecule has 0 aliphatic heterocycles. The van der Waals surface area contributed by atoms with Gasteiger partial charge < -0.3 is 0 Å². The van der Waals surface area contributed by atoms with E-state index in [1.807, 2.05) is 0 Å². The van der Waals surface area contributed by atoms with E-state index in [9.17, 15) is 0 Å². The normalized spacial score (nSPS) is 18.9. The van der Waals surface area contributed by atoms with Crippen LogP contribution in [-0.2, 0) is 0 Å². The minimum absolute atomic E-state index is 0.694. The molecule has 1 aliphatic carbocycles. The Morgan fingerprint density at radius 3 is 2.73 bits per heavy atom. The third-order valence-corrected chi connectivity index (χ3v) is 3.40. The van der Waals surface area contributed by atoms with Crippen molar-refractivity contribution in [3.8, 4) is 0 Å². The number of hydrogen-bond donors (Lipinski definition) is 0. The van der Waals surface area contributed by atoms with Crippen LogP contribution in [0, 0.1) is 6.92 Å². The lowest BCUT2D eigenvalue weighted by atomic mass is 9.90. The molecular weight excluding hydrogens is 180 g/mol. The van der Waals surface area contributed by atoms with Gasteiger partial charge in [0.1, 0.15) is 0 Å². The Bertz CT molecular complexity index is 385. The first-order valence-corrected chi connectivity index (χ1v) is 6.01. The van der Waals surface area contributed by atoms with Gasteiger partial charge in [-0.15, -0.1) is 0 Å². The van der Waals surface area contributed by atoms with Gasteiger partial charge in [0.2, 0.25) is 0 Å². The molecule has 0 saturated heterocycles. The minimum Gasteiger partial charge on any atom is -0.0654 e. The van der Waals surface area contributed by atoms with Crippen molar-refractivity contribution in [3.05, 3.63) is 40.5 Å². The number of allylic oxidation sites excluding steroid dienone is 1. The van der Waals surface area contributed by atoms with Crippen LogP contribution in [0.5, 0.6) is 0 Å². The molecule has 0 N–H and O–H groups in total. The Morgan fingerprint density at radius 1 is 1.20 bits per heavy atom. The van der Waals surface area contributed by atoms with Crippen LogP contribution < -0.4 is 0 Å². The average molecular weight is 200 g/mol. The Morgan fingerprint density at radius 2 is 2.00 bits per heavy atom. The molecule has 0 heterocycles. The summed E-state index contributed by atoms with van der Waals surface area (Å²) in [4.78, 5) is 0. The third-order valence-electron chi connectivity index (χ3n) is 3.40. The molecular formula is C15H20. The first-order chi connectivity index (χ1) is 7.22. The van der Waals surface area contributed by atoms with Crippen LogP contribution in [-0.4, -0.2) is 0 Å². The van der Waals surface area contributed by atoms with Crippen molar-refractivity contribution in [1.29, 1.82) is 0 Å². The number of aryl methyl sites for hydroxylation is 1. The second kappa shape index (κ2) is 4.22. The summed E-state index contributed by atoms with van der Waals surface area (Å²) < 4.78 is 0. The van der Waals surface area contributed by atoms with Gasteiger partial charge in [-0.1, -0.05) is 55.2 Å². The Balaban J connectivity index is 2.28. The maximum absolute atomic E-state index is 2.36. The number of hydrogen-bond acceptors (Lipinski definition) is 0. The van der Waals surface area contributed by atoms with Crippen molar-refractivity contribution in [2.45, 2.75) is 46.0 Å². The molecule has 0 heteroatoms. The topological polar surface area (TPSA) is 0 Å². The molecule has 0 spiro atoms. The van der Waals surface area contributed by atoms with Gasteiger partial charge in [0.15, 0.2) is 0 Å². The van der Waals surface area contributed by atoms with Gasteiger partial charge in [-0.25, -0.2) is 0 Å². The maximum atomic E-state index is 2.36. The van der Waals surface area contributed by atoms with Crippen molar-refractivity contribution in [2.24, 2.45) is 0 Å². The van der Waals surface area contributed by atoms with Crippen LogP contribution in [0.4, 0.5) is 0 Å². The van der Waals surface area contributed by atoms with Gasteiger partial charge in [-0.2, -0.15) is 0 Å². The maximum Gasteiger partial charge on any atom is 0.00547 e. The van der Waals surface area contributed by atoms with Gasteiger partial charge in [0, 0.05) is 5.92 Å². The van der Waals surface area contributed by atoms with Crippen LogP contribution in [0.25, 0.3) is 6.08 Å². The second-order valence-corrected chi connectivity index (χ2v) is 4.72. The van der Waals surface area contributed by atoms with Crippen molar-refractivity contribution >= 4 is 6.08 Å². The molecule has 15 heavy (non-hydrogen) atoms. The number of benzene rings is 1. The van der Waals surface area contributed by atoms with Crippen molar-refractivity contribution in [1.82, 2.24) is 0 Å². The molecule has 2 rings (SSSR count). The molecule has 80 valence electrons. The highest BCUT2D eigenvalue weighted by molar-refractivity contribution is 5.66. The third kappa shape index (κ3) is 1.99. The lowest BCUT2D eigenvalue weighted by molar-refractivity contribution is 0.649. The summed E-state index contributed by atoms with van der Waals surface area (Å²) in [7, 11) is 0. The Labute approximate surface area is 93.0 Å². The fraction of sp³-hybridized carbons (Fsp3) is 0.467. The van der Waals surface area contributed by atoms with E-state index in [0.29, 0.717) is 5.92 Å². The monoisotopic (exact) mass is 200 g/mol. The molecule has 1 unspecified atom stereocenters. The smallest absolute Gasteiger partial charge is 0.00547 e. The summed E-state index contributed by atoms with van der Waals surface area (Å²) in [6.45, 7) is 6.73. The predicted octanol–water partition coefficient (Wildman–Crippen LogP) is 4.69. The summed E-state index contributed by atoms with van der Waals surface area (Å²) in [5.41, 5.74) is 5.93. The van der Waals surface area contributed by atoms with Crippen molar-refractivity contribution < 1.29 is 0 Å². The minimum atomic E-state index is 0.694. The number of rotatable bonds is 3. The summed E-state index contributed by atoms with van der Waals surface area (Å²) >= 11 is 0. The molecule has 0 amide bonds. The fourth-order valence-electron chi connectivity index (χ4n) is 2.51. The van der Waals surface area contributed by atoms with E-state index in [1.54, 1.807) is 11.1 Å². The summed E-state index contributed by atoms with van der Waals surface area (Å²) in [5, 5.41) is 0. The first-order valence-electron chi connectivity index (χ1n) is 6.01. The molecule has 0 radical (unpaired) electrons. The second-order valence-electron chi connectivity index (χ2n) is 4.72. The van der Waals surface area contributed by atoms with Crippen LogP contribution in [0.3, 0.4) is 0 Å². The standard InChI is InChI=1S/C15H20/c1-4-5-6-14-12(3)10-13-8-7-11(2)9-15(13)14/h7-10,14H,4-6H2,1-3H3. The fourth-order valence-corrected chi connectivity index (χ4v) is 2.51. The highest BCUT2D eigenvalue weighted by atomic mass is 14.3. The first kappa shape index (κ1) is 10.5. The van der Waals surface area contributed by atoms with Crippen LogP contribution in [0.15, 0.2) is 23.8 Å². The molecule has 1 aromatic rings. The Kier molecular flexibility index (Phi) is 2.95. The van der Waals surface area contributed by atoms with Gasteiger partial charge >= 0.3 is 0 Å². The van der Waals surface area contributed by atoms with E-state index in [0.717, 1.165) is 0 Å². The van der Waals surface area contributed by atoms with E-state index < -0.39 is 0 Å². The lowest BCUT2D eigenvalue weighted by Crippen LogP contribution is -1.97. The van der Waals surface area contributed by atoms with E-state index in [-0.39, 0.29) is 0 Å². The lowest BCUT2D eigenvalue weighted by Gasteiger charge is -2.14. The molecule has 1 aromatic carbocycles. The van der Waals surface area contributed by atoms with Gasteiger partial charge in [0.25, 0.3) is 0 Å². The average Bonchev–Trinajstić information content (AvgIpc) is 2.51. The molecule has 1 aliphatic rings. The quantitative estimate of drug-likeness (QED) is 0.664. The highest BCUT2D eigenvalue weighted by Crippen LogP contribution is 2.39. The summed E-state index contributed by atoms with van der Waals surface area (Å²) in [5.74, 6) is 0.694. The predicted molar refractivity (Wildman–Crippen MR) is 67.1 cm³/mol. The van der Waals surface area contributed by atoms with Gasteiger partial charge in [-0.3, -0.25) is 0 Å². The van der Waals surface area contributed by atoms with Crippen molar-refractivity contribution in [2.75, 3.05) is 0 Å². The van der Waals surface area contributed by atoms with E-state index in [2.05, 4.69) is 45.0 Å². The molecule has 0 fully saturated rings. The summed E-state index contributed by atoms with van der Waals surface area (Å²) in [6.07, 6.45) is 6.30. The van der Waals surface area contributed by atoms with E-state index >= 15 is 0 Å². The zero-order chi connectivity index (χ0) is 10.8. The van der Waals surface area contributed by atoms with Gasteiger partial charge in [-0.05, 0) is 31.4 Å². The molecule has 0 aromatic heterocycles. The molecule has 0 saturated carbocycles. The summed E-state index contributed by atoms with van der Waals surface area (Å²) in [6, 6.07) is 6.84. The van der Waals surface area contributed by atoms with Crippen LogP contribution in [0.2, 0.25) is 0 Å². The number of unbranched alkanes of at least 4 members (excludes halogenated alkanes) is 1. The van der Waals surface area contributed by atoms with Gasteiger partial charge in [0.05, 0.1) is 0 Å². The molecule has 0 nitrogen and oxygen atoms in total. The molecule has 0 bridgehead atoms. The zero-order valence-electron chi connectivity index (χ0n) is 10.0. The SMILES string of the molecule is CCCCC1C(C)=Cc2ccc(C)cc21. The molecule has 1 atom stereocenters. The van der Waals surface area contributed by atoms with E-state index in [1.165, 1.54) is 30.4 Å². The van der Waals surface area contributed by atoms with Crippen LogP contribution >= 0.6 is 0 Å². The Hall–Kier alpha value is -1.04. The van der Waals surface area contributed by atoms with Crippen LogP contribution in [0.1, 0.15) is 55.7 Å². The van der Waals surface area contributed by atoms with E-state index in [4.69, 9.17) is 0 Å². The van der Waals surface area contributed by atoms with Crippen molar-refractivity contribution in [3.63, 3.8) is 0 Å². The highest BCUT2D eigenvalue weighted by Gasteiger charge is 2.21.